The predicted molar refractivity (Wildman–Crippen MR) is 88.5 cm³/mol. The van der Waals surface area contributed by atoms with E-state index < -0.39 is 0 Å². The molecule has 3 rings (SSSR count). The second-order valence-corrected chi connectivity index (χ2v) is 7.05. The van der Waals surface area contributed by atoms with E-state index >= 15 is 0 Å². The number of rotatable bonds is 4. The van der Waals surface area contributed by atoms with E-state index in [1.807, 2.05) is 26.2 Å². The molecule has 2 aliphatic rings. The molecule has 1 amide bonds. The van der Waals surface area contributed by atoms with E-state index in [9.17, 15) is 9.18 Å². The minimum absolute atomic E-state index is 0.175. The molecule has 0 aliphatic carbocycles. The molecule has 1 aromatic carbocycles. The van der Waals surface area contributed by atoms with E-state index in [0.29, 0.717) is 18.5 Å². The first-order valence-corrected chi connectivity index (χ1v) is 8.44. The van der Waals surface area contributed by atoms with Gasteiger partial charge in [-0.05, 0) is 43.0 Å². The minimum Gasteiger partial charge on any atom is -0.348 e. The van der Waals surface area contributed by atoms with Crippen molar-refractivity contribution < 1.29 is 9.18 Å². The minimum atomic E-state index is -0.181. The van der Waals surface area contributed by atoms with Crippen molar-refractivity contribution in [2.75, 3.05) is 40.3 Å². The molecule has 0 radical (unpaired) electrons. The van der Waals surface area contributed by atoms with Crippen LogP contribution in [0.2, 0.25) is 0 Å². The Hall–Kier alpha value is -1.46. The highest BCUT2D eigenvalue weighted by Gasteiger charge is 2.39. The molecule has 0 saturated carbocycles. The largest absolute Gasteiger partial charge is 0.348 e. The highest BCUT2D eigenvalue weighted by molar-refractivity contribution is 5.77. The molecule has 0 bridgehead atoms. The van der Waals surface area contributed by atoms with Crippen LogP contribution in [0.5, 0.6) is 0 Å². The van der Waals surface area contributed by atoms with Crippen LogP contribution in [0.1, 0.15) is 18.4 Å². The van der Waals surface area contributed by atoms with Gasteiger partial charge in [-0.1, -0.05) is 12.1 Å². The van der Waals surface area contributed by atoms with Crippen molar-refractivity contribution in [1.29, 1.82) is 0 Å². The van der Waals surface area contributed by atoms with Gasteiger partial charge in [-0.3, -0.25) is 14.6 Å². The highest BCUT2D eigenvalue weighted by atomic mass is 19.1. The van der Waals surface area contributed by atoms with Crippen LogP contribution in [0, 0.1) is 11.7 Å². The molecule has 5 heteroatoms. The Morgan fingerprint density at radius 3 is 2.70 bits per heavy atom. The molecule has 0 unspecified atom stereocenters. The van der Waals surface area contributed by atoms with Crippen LogP contribution in [0.25, 0.3) is 0 Å². The molecule has 0 aromatic heterocycles. The summed E-state index contributed by atoms with van der Waals surface area (Å²) in [6, 6.07) is 7.34. The van der Waals surface area contributed by atoms with Crippen molar-refractivity contribution in [1.82, 2.24) is 14.7 Å². The quantitative estimate of drug-likeness (QED) is 0.847. The van der Waals surface area contributed by atoms with Crippen LogP contribution in [-0.2, 0) is 11.3 Å². The standard InChI is InChI=1S/C18H26FN3O/c1-20(2)18(23)13-21-11-15-4-3-9-22(17(15)12-21)10-14-5-7-16(19)8-6-14/h5-8,15,17H,3-4,9-13H2,1-2H3/t15-,17+/m1/s1. The summed E-state index contributed by atoms with van der Waals surface area (Å²) >= 11 is 0. The Morgan fingerprint density at radius 1 is 1.26 bits per heavy atom. The molecule has 2 heterocycles. The van der Waals surface area contributed by atoms with E-state index in [1.165, 1.54) is 25.0 Å². The van der Waals surface area contributed by atoms with Crippen LogP contribution >= 0.6 is 0 Å². The number of carbonyl (C=O) groups is 1. The maximum atomic E-state index is 13.1. The lowest BCUT2D eigenvalue weighted by Crippen LogP contribution is -2.44. The van der Waals surface area contributed by atoms with Crippen LogP contribution < -0.4 is 0 Å². The Balaban J connectivity index is 1.62. The van der Waals surface area contributed by atoms with E-state index in [-0.39, 0.29) is 11.7 Å². The molecule has 2 atom stereocenters. The number of fused-ring (bicyclic) bond motifs is 1. The zero-order valence-electron chi connectivity index (χ0n) is 14.0. The first-order valence-electron chi connectivity index (χ1n) is 8.44. The molecular formula is C18H26FN3O. The maximum Gasteiger partial charge on any atom is 0.236 e. The van der Waals surface area contributed by atoms with Gasteiger partial charge in [0.05, 0.1) is 6.54 Å². The number of halogens is 1. The van der Waals surface area contributed by atoms with Gasteiger partial charge in [0.15, 0.2) is 0 Å². The average molecular weight is 319 g/mol. The fourth-order valence-corrected chi connectivity index (χ4v) is 3.84. The van der Waals surface area contributed by atoms with E-state index in [2.05, 4.69) is 9.80 Å². The van der Waals surface area contributed by atoms with E-state index in [4.69, 9.17) is 0 Å². The number of nitrogens with zero attached hydrogens (tertiary/aromatic N) is 3. The molecule has 0 spiro atoms. The lowest BCUT2D eigenvalue weighted by molar-refractivity contribution is -0.129. The van der Waals surface area contributed by atoms with Crippen LogP contribution in [-0.4, -0.2) is 66.9 Å². The Labute approximate surface area is 137 Å². The van der Waals surface area contributed by atoms with Crippen molar-refractivity contribution in [3.63, 3.8) is 0 Å². The predicted octanol–water partition coefficient (Wildman–Crippen LogP) is 1.81. The van der Waals surface area contributed by atoms with E-state index in [1.54, 1.807) is 4.90 Å². The molecular weight excluding hydrogens is 293 g/mol. The van der Waals surface area contributed by atoms with Crippen molar-refractivity contribution >= 4 is 5.91 Å². The first-order chi connectivity index (χ1) is 11.0. The fraction of sp³-hybridized carbons (Fsp3) is 0.611. The Kier molecular flexibility index (Phi) is 4.97. The topological polar surface area (TPSA) is 26.8 Å². The number of amides is 1. The van der Waals surface area contributed by atoms with Gasteiger partial charge in [0.2, 0.25) is 5.91 Å². The van der Waals surface area contributed by atoms with Crippen molar-refractivity contribution in [2.24, 2.45) is 5.92 Å². The third kappa shape index (κ3) is 3.90. The molecule has 2 aliphatic heterocycles. The van der Waals surface area contributed by atoms with Gasteiger partial charge in [0, 0.05) is 39.8 Å². The van der Waals surface area contributed by atoms with Crippen molar-refractivity contribution in [2.45, 2.75) is 25.4 Å². The maximum absolute atomic E-state index is 13.1. The smallest absolute Gasteiger partial charge is 0.236 e. The second kappa shape index (κ2) is 6.97. The molecule has 4 nitrogen and oxygen atoms in total. The Morgan fingerprint density at radius 2 is 2.00 bits per heavy atom. The van der Waals surface area contributed by atoms with Gasteiger partial charge < -0.3 is 4.90 Å². The summed E-state index contributed by atoms with van der Waals surface area (Å²) in [5.74, 6) is 0.646. The zero-order chi connectivity index (χ0) is 16.4. The number of hydrogen-bond acceptors (Lipinski definition) is 3. The SMILES string of the molecule is CN(C)C(=O)CN1C[C@H]2CCCN(Cc3ccc(F)cc3)[C@H]2C1. The summed E-state index contributed by atoms with van der Waals surface area (Å²) in [7, 11) is 3.62. The Bertz CT molecular complexity index is 546. The molecule has 126 valence electrons. The molecule has 2 fully saturated rings. The summed E-state index contributed by atoms with van der Waals surface area (Å²) in [4.78, 5) is 18.4. The molecule has 2 saturated heterocycles. The van der Waals surface area contributed by atoms with Crippen molar-refractivity contribution in [3.8, 4) is 0 Å². The van der Waals surface area contributed by atoms with Crippen molar-refractivity contribution in [3.05, 3.63) is 35.6 Å². The van der Waals surface area contributed by atoms with Gasteiger partial charge in [0.25, 0.3) is 0 Å². The second-order valence-electron chi connectivity index (χ2n) is 7.05. The third-order valence-electron chi connectivity index (χ3n) is 5.13. The summed E-state index contributed by atoms with van der Waals surface area (Å²) in [6.45, 7) is 4.46. The number of likely N-dealkylation sites (tertiary alicyclic amines) is 2. The molecule has 0 N–H and O–H groups in total. The van der Waals surface area contributed by atoms with Gasteiger partial charge in [-0.15, -0.1) is 0 Å². The van der Waals surface area contributed by atoms with Crippen LogP contribution in [0.3, 0.4) is 0 Å². The van der Waals surface area contributed by atoms with E-state index in [0.717, 1.165) is 31.7 Å². The summed E-state index contributed by atoms with van der Waals surface area (Å²) in [6.07, 6.45) is 2.45. The number of benzene rings is 1. The first kappa shape index (κ1) is 16.4. The number of likely N-dealkylation sites (N-methyl/N-ethyl adjacent to an activating group) is 1. The van der Waals surface area contributed by atoms with Gasteiger partial charge in [0.1, 0.15) is 5.82 Å². The number of carbonyl (C=O) groups excluding carboxylic acids is 1. The number of piperidine rings is 1. The van der Waals surface area contributed by atoms with Gasteiger partial charge in [-0.2, -0.15) is 0 Å². The summed E-state index contributed by atoms with van der Waals surface area (Å²) in [5, 5.41) is 0. The van der Waals surface area contributed by atoms with Gasteiger partial charge >= 0.3 is 0 Å². The fourth-order valence-electron chi connectivity index (χ4n) is 3.84. The van der Waals surface area contributed by atoms with Crippen LogP contribution in [0.15, 0.2) is 24.3 Å². The molecule has 1 aromatic rings. The average Bonchev–Trinajstić information content (AvgIpc) is 2.93. The lowest BCUT2D eigenvalue weighted by atomic mass is 9.91. The summed E-state index contributed by atoms with van der Waals surface area (Å²) < 4.78 is 13.1. The lowest BCUT2D eigenvalue weighted by Gasteiger charge is -2.37. The summed E-state index contributed by atoms with van der Waals surface area (Å²) in [5.41, 5.74) is 1.16. The zero-order valence-corrected chi connectivity index (χ0v) is 14.0. The third-order valence-corrected chi connectivity index (χ3v) is 5.13. The van der Waals surface area contributed by atoms with Crippen LogP contribution in [0.4, 0.5) is 4.39 Å². The highest BCUT2D eigenvalue weighted by Crippen LogP contribution is 2.31. The monoisotopic (exact) mass is 319 g/mol. The number of hydrogen-bond donors (Lipinski definition) is 0. The van der Waals surface area contributed by atoms with Gasteiger partial charge in [-0.25, -0.2) is 4.39 Å². The normalized spacial score (nSPS) is 25.3. The molecule has 23 heavy (non-hydrogen) atoms.